The smallest absolute Gasteiger partial charge is 0.234 e. The summed E-state index contributed by atoms with van der Waals surface area (Å²) < 4.78 is 1.73. The summed E-state index contributed by atoms with van der Waals surface area (Å²) in [6.45, 7) is 6.74. The Bertz CT molecular complexity index is 501. The predicted molar refractivity (Wildman–Crippen MR) is 66.4 cm³/mol. The quantitative estimate of drug-likeness (QED) is 0.879. The molecule has 2 aromatic heterocycles. The molecule has 0 unspecified atom stereocenters. The zero-order valence-electron chi connectivity index (χ0n) is 10.2. The Hall–Kier alpha value is -1.34. The van der Waals surface area contributed by atoms with Crippen LogP contribution < -0.4 is 5.73 Å². The van der Waals surface area contributed by atoms with Crippen molar-refractivity contribution in [2.75, 3.05) is 6.54 Å². The van der Waals surface area contributed by atoms with E-state index in [-0.39, 0.29) is 0 Å². The van der Waals surface area contributed by atoms with E-state index < -0.39 is 0 Å². The minimum atomic E-state index is 0.383. The average Bonchev–Trinajstić information content (AvgIpc) is 2.87. The van der Waals surface area contributed by atoms with E-state index in [1.165, 1.54) is 0 Å². The zero-order valence-corrected chi connectivity index (χ0v) is 11.0. The van der Waals surface area contributed by atoms with E-state index in [1.807, 2.05) is 6.92 Å². The van der Waals surface area contributed by atoms with E-state index in [4.69, 9.17) is 5.73 Å². The van der Waals surface area contributed by atoms with Gasteiger partial charge in [-0.1, -0.05) is 30.4 Å². The van der Waals surface area contributed by atoms with Gasteiger partial charge in [-0.15, -0.1) is 15.3 Å². The minimum Gasteiger partial charge on any atom is -0.330 e. The third kappa shape index (κ3) is 2.34. The number of hydrogen-bond donors (Lipinski definition) is 1. The van der Waals surface area contributed by atoms with Crippen molar-refractivity contribution < 1.29 is 0 Å². The van der Waals surface area contributed by atoms with Gasteiger partial charge in [0, 0.05) is 12.3 Å². The van der Waals surface area contributed by atoms with Crippen molar-refractivity contribution >= 4 is 11.3 Å². The van der Waals surface area contributed by atoms with Gasteiger partial charge in [0.25, 0.3) is 0 Å². The van der Waals surface area contributed by atoms with Crippen LogP contribution in [0.25, 0.3) is 5.13 Å². The molecule has 0 saturated heterocycles. The van der Waals surface area contributed by atoms with Gasteiger partial charge in [0.15, 0.2) is 0 Å². The van der Waals surface area contributed by atoms with E-state index in [1.54, 1.807) is 16.0 Å². The topological polar surface area (TPSA) is 82.5 Å². The van der Waals surface area contributed by atoms with Gasteiger partial charge >= 0.3 is 0 Å². The van der Waals surface area contributed by atoms with Crippen LogP contribution in [-0.2, 0) is 6.42 Å². The normalized spacial score (nSPS) is 11.4. The zero-order chi connectivity index (χ0) is 12.4. The van der Waals surface area contributed by atoms with Crippen LogP contribution >= 0.6 is 11.3 Å². The fourth-order valence-corrected chi connectivity index (χ4v) is 2.30. The van der Waals surface area contributed by atoms with Crippen LogP contribution in [0.3, 0.4) is 0 Å². The van der Waals surface area contributed by atoms with Crippen molar-refractivity contribution in [3.05, 3.63) is 16.4 Å². The lowest BCUT2D eigenvalue weighted by molar-refractivity contribution is 0.758. The fraction of sp³-hybridized carbons (Fsp3) is 0.600. The van der Waals surface area contributed by atoms with Gasteiger partial charge in [0.1, 0.15) is 5.01 Å². The van der Waals surface area contributed by atoms with Gasteiger partial charge in [-0.3, -0.25) is 0 Å². The molecular weight excluding hydrogens is 236 g/mol. The molecule has 0 radical (unpaired) electrons. The largest absolute Gasteiger partial charge is 0.330 e. The highest BCUT2D eigenvalue weighted by Gasteiger charge is 2.14. The van der Waals surface area contributed by atoms with Crippen LogP contribution in [0, 0.1) is 6.92 Å². The molecule has 2 aromatic rings. The van der Waals surface area contributed by atoms with E-state index >= 15 is 0 Å². The van der Waals surface area contributed by atoms with Crippen molar-refractivity contribution in [1.82, 2.24) is 25.2 Å². The Kier molecular flexibility index (Phi) is 3.49. The van der Waals surface area contributed by atoms with Crippen LogP contribution in [0.15, 0.2) is 0 Å². The third-order valence-corrected chi connectivity index (χ3v) is 3.68. The first kappa shape index (κ1) is 12.1. The third-order valence-electron chi connectivity index (χ3n) is 2.48. The van der Waals surface area contributed by atoms with E-state index in [9.17, 15) is 0 Å². The molecule has 2 heterocycles. The molecular formula is C10H16N6S. The molecule has 0 aromatic carbocycles. The highest BCUT2D eigenvalue weighted by molar-refractivity contribution is 7.13. The van der Waals surface area contributed by atoms with Crippen molar-refractivity contribution in [2.24, 2.45) is 5.73 Å². The fourth-order valence-electron chi connectivity index (χ4n) is 1.46. The number of nitrogens with two attached hydrogens (primary N) is 1. The molecule has 0 aliphatic rings. The summed E-state index contributed by atoms with van der Waals surface area (Å²) in [5, 5.41) is 18.3. The molecule has 17 heavy (non-hydrogen) atoms. The van der Waals surface area contributed by atoms with Crippen molar-refractivity contribution in [3.63, 3.8) is 0 Å². The monoisotopic (exact) mass is 252 g/mol. The lowest BCUT2D eigenvalue weighted by atomic mass is 10.2. The van der Waals surface area contributed by atoms with Gasteiger partial charge < -0.3 is 5.73 Å². The lowest BCUT2D eigenvalue weighted by Crippen LogP contribution is -2.05. The molecule has 0 aliphatic carbocycles. The van der Waals surface area contributed by atoms with E-state index in [0.29, 0.717) is 12.5 Å². The van der Waals surface area contributed by atoms with Crippen molar-refractivity contribution in [3.8, 4) is 5.13 Å². The number of aromatic nitrogens is 5. The van der Waals surface area contributed by atoms with Gasteiger partial charge in [0.05, 0.1) is 11.4 Å². The van der Waals surface area contributed by atoms with Gasteiger partial charge in [0.2, 0.25) is 5.13 Å². The second kappa shape index (κ2) is 4.89. The Morgan fingerprint density at radius 1 is 1.29 bits per heavy atom. The first-order valence-electron chi connectivity index (χ1n) is 5.58. The predicted octanol–water partition coefficient (Wildman–Crippen LogP) is 1.05. The molecule has 0 fully saturated rings. The summed E-state index contributed by atoms with van der Waals surface area (Å²) in [5.74, 6) is 0.383. The van der Waals surface area contributed by atoms with Crippen LogP contribution in [-0.4, -0.2) is 31.7 Å². The second-order valence-corrected chi connectivity index (χ2v) is 5.14. The Labute approximate surface area is 104 Å². The van der Waals surface area contributed by atoms with E-state index in [2.05, 4.69) is 34.4 Å². The van der Waals surface area contributed by atoms with Crippen molar-refractivity contribution in [2.45, 2.75) is 33.1 Å². The highest BCUT2D eigenvalue weighted by Crippen LogP contribution is 2.22. The molecule has 2 rings (SSSR count). The maximum Gasteiger partial charge on any atom is 0.234 e. The van der Waals surface area contributed by atoms with Crippen LogP contribution in [0.1, 0.15) is 36.2 Å². The second-order valence-electron chi connectivity index (χ2n) is 4.15. The lowest BCUT2D eigenvalue weighted by Gasteiger charge is -1.97. The number of rotatable bonds is 4. The van der Waals surface area contributed by atoms with Gasteiger partial charge in [-0.05, 0) is 13.5 Å². The Morgan fingerprint density at radius 2 is 2.06 bits per heavy atom. The Balaban J connectivity index is 2.32. The number of hydrogen-bond acceptors (Lipinski definition) is 6. The standard InChI is InChI=1S/C10H16N6S/c1-6(2)9-13-14-10(17-9)16-7(3)8(4-5-11)12-15-16/h6H,4-5,11H2,1-3H3. The number of nitrogens with zero attached hydrogens (tertiary/aromatic N) is 5. The van der Waals surface area contributed by atoms with Gasteiger partial charge in [-0.2, -0.15) is 4.68 Å². The maximum absolute atomic E-state index is 5.52. The van der Waals surface area contributed by atoms with Gasteiger partial charge in [-0.25, -0.2) is 0 Å². The maximum atomic E-state index is 5.52. The molecule has 92 valence electrons. The summed E-state index contributed by atoms with van der Waals surface area (Å²) in [5.41, 5.74) is 7.43. The molecule has 0 amide bonds. The van der Waals surface area contributed by atoms with E-state index in [0.717, 1.165) is 27.9 Å². The summed E-state index contributed by atoms with van der Waals surface area (Å²) in [6, 6.07) is 0. The SMILES string of the molecule is Cc1c(CCN)nnn1-c1nnc(C(C)C)s1. The summed E-state index contributed by atoms with van der Waals surface area (Å²) in [6.07, 6.45) is 0.738. The van der Waals surface area contributed by atoms with Crippen LogP contribution in [0.2, 0.25) is 0 Å². The molecule has 0 atom stereocenters. The first-order chi connectivity index (χ1) is 8.13. The molecule has 0 saturated carbocycles. The Morgan fingerprint density at radius 3 is 2.65 bits per heavy atom. The minimum absolute atomic E-state index is 0.383. The average molecular weight is 252 g/mol. The molecule has 0 aliphatic heterocycles. The molecule has 0 spiro atoms. The molecule has 7 heteroatoms. The molecule has 2 N–H and O–H groups in total. The summed E-state index contributed by atoms with van der Waals surface area (Å²) in [7, 11) is 0. The van der Waals surface area contributed by atoms with Crippen LogP contribution in [0.4, 0.5) is 0 Å². The summed E-state index contributed by atoms with van der Waals surface area (Å²) >= 11 is 1.55. The van der Waals surface area contributed by atoms with Crippen LogP contribution in [0.5, 0.6) is 0 Å². The molecule has 6 nitrogen and oxygen atoms in total. The highest BCUT2D eigenvalue weighted by atomic mass is 32.1. The van der Waals surface area contributed by atoms with Crippen molar-refractivity contribution in [1.29, 1.82) is 0 Å². The molecule has 0 bridgehead atoms. The first-order valence-corrected chi connectivity index (χ1v) is 6.40. The summed E-state index contributed by atoms with van der Waals surface area (Å²) in [4.78, 5) is 0.